The molecule has 2 heterocycles. The second-order valence-corrected chi connectivity index (χ2v) is 6.64. The van der Waals surface area contributed by atoms with E-state index in [4.69, 9.17) is 11.6 Å². The van der Waals surface area contributed by atoms with Crippen molar-refractivity contribution in [2.24, 2.45) is 0 Å². The molecule has 24 heavy (non-hydrogen) atoms. The van der Waals surface area contributed by atoms with Gasteiger partial charge in [0.2, 0.25) is 0 Å². The minimum atomic E-state index is -0.646. The first-order chi connectivity index (χ1) is 11.6. The lowest BCUT2D eigenvalue weighted by atomic mass is 9.75. The molecular formula is C20H17ClN2O. The maximum atomic E-state index is 13.1. The molecule has 0 saturated carbocycles. The highest BCUT2D eigenvalue weighted by Gasteiger charge is 2.59. The number of hydrogen-bond donors (Lipinski definition) is 0. The Labute approximate surface area is 146 Å². The molecule has 1 amide bonds. The summed E-state index contributed by atoms with van der Waals surface area (Å²) in [6.45, 7) is 1.99. The Bertz CT molecular complexity index is 858. The summed E-state index contributed by atoms with van der Waals surface area (Å²) in [6, 6.07) is 21.3. The molecule has 0 spiro atoms. The van der Waals surface area contributed by atoms with Crippen molar-refractivity contribution in [2.45, 2.75) is 18.5 Å². The van der Waals surface area contributed by atoms with E-state index in [0.29, 0.717) is 5.02 Å². The fourth-order valence-electron chi connectivity index (χ4n) is 3.53. The normalized spacial score (nSPS) is 23.2. The first-order valence-corrected chi connectivity index (χ1v) is 8.28. The fraction of sp³-hybridized carbons (Fsp3) is 0.150. The van der Waals surface area contributed by atoms with E-state index in [1.165, 1.54) is 0 Å². The number of carbonyl (C=O) groups is 1. The number of nitrogens with zero attached hydrogens (tertiary/aromatic N) is 2. The highest BCUT2D eigenvalue weighted by molar-refractivity contribution is 6.30. The third-order valence-electron chi connectivity index (χ3n) is 4.80. The van der Waals surface area contributed by atoms with Crippen molar-refractivity contribution in [3.05, 3.63) is 89.7 Å². The number of benzene rings is 2. The number of halogens is 1. The quantitative estimate of drug-likeness (QED) is 0.639. The van der Waals surface area contributed by atoms with Gasteiger partial charge in [-0.15, -0.1) is 0 Å². The molecule has 0 aliphatic carbocycles. The number of amides is 1. The molecule has 4 rings (SSSR count). The van der Waals surface area contributed by atoms with Gasteiger partial charge in [-0.3, -0.25) is 9.69 Å². The van der Waals surface area contributed by atoms with Crippen molar-refractivity contribution < 1.29 is 4.79 Å². The average molecular weight is 337 g/mol. The molecule has 0 radical (unpaired) electrons. The minimum absolute atomic E-state index is 0.0860. The molecule has 1 aromatic heterocycles. The van der Waals surface area contributed by atoms with Gasteiger partial charge >= 0.3 is 0 Å². The van der Waals surface area contributed by atoms with Crippen LogP contribution in [-0.4, -0.2) is 10.5 Å². The summed E-state index contributed by atoms with van der Waals surface area (Å²) in [6.07, 6.45) is 3.90. The Morgan fingerprint density at radius 1 is 0.917 bits per heavy atom. The molecule has 2 unspecified atom stereocenters. The number of carbonyl (C=O) groups excluding carboxylic acids is 1. The van der Waals surface area contributed by atoms with Crippen LogP contribution in [0.25, 0.3) is 0 Å². The number of anilines is 1. The van der Waals surface area contributed by atoms with Gasteiger partial charge in [0.15, 0.2) is 0 Å². The fourth-order valence-corrected chi connectivity index (χ4v) is 3.66. The molecule has 1 saturated heterocycles. The molecule has 0 N–H and O–H groups in total. The van der Waals surface area contributed by atoms with Crippen molar-refractivity contribution in [1.29, 1.82) is 0 Å². The van der Waals surface area contributed by atoms with Crippen molar-refractivity contribution in [3.63, 3.8) is 0 Å². The predicted octanol–water partition coefficient (Wildman–Crippen LogP) is 4.64. The lowest BCUT2D eigenvalue weighted by molar-refractivity contribution is -0.137. The average Bonchev–Trinajstić information content (AvgIpc) is 3.15. The smallest absolute Gasteiger partial charge is 0.256 e. The summed E-state index contributed by atoms with van der Waals surface area (Å²) >= 11 is 6.04. The lowest BCUT2D eigenvalue weighted by Gasteiger charge is -2.55. The SMILES string of the molecule is CC1(n2cccc2)C(=O)N(c2ccccc2)C1c1ccc(Cl)cc1. The second-order valence-electron chi connectivity index (χ2n) is 6.20. The number of rotatable bonds is 3. The van der Waals surface area contributed by atoms with E-state index in [9.17, 15) is 4.79 Å². The third kappa shape index (κ3) is 2.09. The van der Waals surface area contributed by atoms with Crippen LogP contribution >= 0.6 is 11.6 Å². The standard InChI is InChI=1S/C20H17ClN2O/c1-20(22-13-5-6-14-22)18(15-9-11-16(21)12-10-15)23(19(20)24)17-7-3-2-4-8-17/h2-14,18H,1H3. The molecule has 3 nitrogen and oxygen atoms in total. The largest absolute Gasteiger partial charge is 0.337 e. The number of aromatic nitrogens is 1. The van der Waals surface area contributed by atoms with E-state index in [-0.39, 0.29) is 11.9 Å². The van der Waals surface area contributed by atoms with Crippen LogP contribution in [0.15, 0.2) is 79.1 Å². The molecule has 4 heteroatoms. The van der Waals surface area contributed by atoms with Crippen molar-refractivity contribution in [1.82, 2.24) is 4.57 Å². The summed E-state index contributed by atoms with van der Waals surface area (Å²) in [4.78, 5) is 15.0. The Morgan fingerprint density at radius 3 is 2.17 bits per heavy atom. The highest BCUT2D eigenvalue weighted by atomic mass is 35.5. The molecule has 2 atom stereocenters. The van der Waals surface area contributed by atoms with Crippen LogP contribution in [0, 0.1) is 0 Å². The van der Waals surface area contributed by atoms with Crippen molar-refractivity contribution >= 4 is 23.2 Å². The Kier molecular flexibility index (Phi) is 3.47. The minimum Gasteiger partial charge on any atom is -0.337 e. The van der Waals surface area contributed by atoms with Crippen LogP contribution < -0.4 is 4.90 Å². The predicted molar refractivity (Wildman–Crippen MR) is 96.2 cm³/mol. The first kappa shape index (κ1) is 15.0. The summed E-state index contributed by atoms with van der Waals surface area (Å²) in [5.41, 5.74) is 1.33. The van der Waals surface area contributed by atoms with Gasteiger partial charge in [-0.2, -0.15) is 0 Å². The molecule has 0 bridgehead atoms. The van der Waals surface area contributed by atoms with Gasteiger partial charge in [0.1, 0.15) is 5.54 Å². The lowest BCUT2D eigenvalue weighted by Crippen LogP contribution is -2.67. The van der Waals surface area contributed by atoms with Crippen LogP contribution in [0.1, 0.15) is 18.5 Å². The monoisotopic (exact) mass is 336 g/mol. The van der Waals surface area contributed by atoms with Gasteiger partial charge in [-0.1, -0.05) is 41.9 Å². The molecule has 1 fully saturated rings. The molecule has 2 aromatic carbocycles. The number of hydrogen-bond acceptors (Lipinski definition) is 1. The van der Waals surface area contributed by atoms with Gasteiger partial charge in [0.05, 0.1) is 6.04 Å². The summed E-state index contributed by atoms with van der Waals surface area (Å²) in [7, 11) is 0. The summed E-state index contributed by atoms with van der Waals surface area (Å²) in [5, 5.41) is 0.693. The van der Waals surface area contributed by atoms with Gasteiger partial charge in [0, 0.05) is 23.1 Å². The van der Waals surface area contributed by atoms with E-state index in [1.807, 2.05) is 95.5 Å². The van der Waals surface area contributed by atoms with Crippen molar-refractivity contribution in [2.75, 3.05) is 4.90 Å². The molecule has 1 aliphatic heterocycles. The van der Waals surface area contributed by atoms with Gasteiger partial charge < -0.3 is 4.57 Å². The van der Waals surface area contributed by atoms with E-state index in [2.05, 4.69) is 0 Å². The highest BCUT2D eigenvalue weighted by Crippen LogP contribution is 2.50. The van der Waals surface area contributed by atoms with Crippen LogP contribution in [0.4, 0.5) is 5.69 Å². The second kappa shape index (κ2) is 5.53. The zero-order valence-corrected chi connectivity index (χ0v) is 14.0. The molecule has 3 aromatic rings. The van der Waals surface area contributed by atoms with Crippen LogP contribution in [0.2, 0.25) is 5.02 Å². The number of para-hydroxylation sites is 1. The zero-order valence-electron chi connectivity index (χ0n) is 13.3. The molecular weight excluding hydrogens is 320 g/mol. The zero-order chi connectivity index (χ0) is 16.7. The van der Waals surface area contributed by atoms with Crippen LogP contribution in [0.5, 0.6) is 0 Å². The topological polar surface area (TPSA) is 25.2 Å². The molecule has 1 aliphatic rings. The maximum Gasteiger partial charge on any atom is 0.256 e. The van der Waals surface area contributed by atoms with Crippen LogP contribution in [0.3, 0.4) is 0 Å². The van der Waals surface area contributed by atoms with E-state index >= 15 is 0 Å². The van der Waals surface area contributed by atoms with E-state index in [1.54, 1.807) is 0 Å². The van der Waals surface area contributed by atoms with Crippen LogP contribution in [-0.2, 0) is 10.3 Å². The van der Waals surface area contributed by atoms with E-state index < -0.39 is 5.54 Å². The summed E-state index contributed by atoms with van der Waals surface area (Å²) < 4.78 is 1.99. The van der Waals surface area contributed by atoms with Gasteiger partial charge in [-0.25, -0.2) is 0 Å². The van der Waals surface area contributed by atoms with Crippen molar-refractivity contribution in [3.8, 4) is 0 Å². The maximum absolute atomic E-state index is 13.1. The van der Waals surface area contributed by atoms with E-state index in [0.717, 1.165) is 11.3 Å². The summed E-state index contributed by atoms with van der Waals surface area (Å²) in [5.74, 6) is 0.0878. The Balaban J connectivity index is 1.84. The Morgan fingerprint density at radius 2 is 1.54 bits per heavy atom. The number of β-lactam (4-membered cyclic amide) rings is 1. The first-order valence-electron chi connectivity index (χ1n) is 7.90. The third-order valence-corrected chi connectivity index (χ3v) is 5.06. The molecule has 120 valence electrons. The van der Waals surface area contributed by atoms with Gasteiger partial charge in [0.25, 0.3) is 5.91 Å². The Hall–Kier alpha value is -2.52. The van der Waals surface area contributed by atoms with Gasteiger partial charge in [-0.05, 0) is 48.9 Å².